The van der Waals surface area contributed by atoms with E-state index in [4.69, 9.17) is 5.73 Å². The molecule has 0 spiro atoms. The summed E-state index contributed by atoms with van der Waals surface area (Å²) in [6.07, 6.45) is -2.47. The number of hydrogen-bond acceptors (Lipinski definition) is 2. The normalized spacial score (nSPS) is 30.9. The van der Waals surface area contributed by atoms with E-state index in [1.54, 1.807) is 0 Å². The number of likely N-dealkylation sites (N-methyl/N-ethyl adjacent to an activating group) is 1. The molecule has 0 unspecified atom stereocenters. The molecule has 1 aliphatic carbocycles. The largest absolute Gasteiger partial charge is 0.391 e. The molecule has 0 radical (unpaired) electrons. The molecule has 17 heavy (non-hydrogen) atoms. The van der Waals surface area contributed by atoms with Crippen LogP contribution in [-0.4, -0.2) is 36.2 Å². The lowest BCUT2D eigenvalue weighted by atomic mass is 9.75. The molecule has 1 aliphatic rings. The van der Waals surface area contributed by atoms with Crippen molar-refractivity contribution < 1.29 is 13.2 Å². The van der Waals surface area contributed by atoms with Crippen molar-refractivity contribution in [1.29, 1.82) is 0 Å². The summed E-state index contributed by atoms with van der Waals surface area (Å²) in [5.41, 5.74) is 5.62. The first kappa shape index (κ1) is 14.8. The summed E-state index contributed by atoms with van der Waals surface area (Å²) in [5.74, 6) is -1.13. The smallest absolute Gasteiger partial charge is 0.329 e. The Hall–Kier alpha value is -0.290. The van der Waals surface area contributed by atoms with E-state index in [0.717, 1.165) is 13.1 Å². The predicted octanol–water partition coefficient (Wildman–Crippen LogP) is 2.78. The van der Waals surface area contributed by atoms with Crippen molar-refractivity contribution >= 4 is 0 Å². The quantitative estimate of drug-likeness (QED) is 0.833. The van der Waals surface area contributed by atoms with Crippen LogP contribution in [0.3, 0.4) is 0 Å². The van der Waals surface area contributed by atoms with Crippen molar-refractivity contribution in [3.8, 4) is 0 Å². The molecule has 1 fully saturated rings. The SMILES string of the molecule is CCN(CC)C1(CN)CCC(C(F)(F)F)CC1. The molecule has 0 atom stereocenters. The van der Waals surface area contributed by atoms with Crippen molar-refractivity contribution in [2.75, 3.05) is 19.6 Å². The third-order valence-electron chi connectivity index (χ3n) is 4.19. The zero-order valence-corrected chi connectivity index (χ0v) is 10.7. The molecule has 0 aliphatic heterocycles. The highest BCUT2D eigenvalue weighted by Crippen LogP contribution is 2.42. The lowest BCUT2D eigenvalue weighted by molar-refractivity contribution is -0.188. The number of alkyl halides is 3. The molecule has 0 amide bonds. The topological polar surface area (TPSA) is 29.3 Å². The van der Waals surface area contributed by atoms with Crippen LogP contribution in [-0.2, 0) is 0 Å². The first-order chi connectivity index (χ1) is 7.89. The van der Waals surface area contributed by atoms with Crippen LogP contribution in [0, 0.1) is 5.92 Å². The average molecular weight is 252 g/mol. The molecule has 0 aromatic carbocycles. The summed E-state index contributed by atoms with van der Waals surface area (Å²) in [5, 5.41) is 0. The van der Waals surface area contributed by atoms with E-state index >= 15 is 0 Å². The van der Waals surface area contributed by atoms with Gasteiger partial charge in [-0.2, -0.15) is 13.2 Å². The van der Waals surface area contributed by atoms with Crippen LogP contribution in [0.15, 0.2) is 0 Å². The van der Waals surface area contributed by atoms with E-state index in [1.807, 2.05) is 13.8 Å². The lowest BCUT2D eigenvalue weighted by Gasteiger charge is -2.47. The minimum Gasteiger partial charge on any atom is -0.329 e. The second kappa shape index (κ2) is 5.57. The molecule has 2 nitrogen and oxygen atoms in total. The maximum Gasteiger partial charge on any atom is 0.391 e. The zero-order chi connectivity index (χ0) is 13.1. The fourth-order valence-corrected chi connectivity index (χ4v) is 3.03. The third-order valence-corrected chi connectivity index (χ3v) is 4.19. The molecule has 1 saturated carbocycles. The monoisotopic (exact) mass is 252 g/mol. The van der Waals surface area contributed by atoms with Crippen molar-refractivity contribution in [2.24, 2.45) is 11.7 Å². The predicted molar refractivity (Wildman–Crippen MR) is 62.7 cm³/mol. The highest BCUT2D eigenvalue weighted by atomic mass is 19.4. The molecule has 5 heteroatoms. The van der Waals surface area contributed by atoms with E-state index in [2.05, 4.69) is 4.90 Å². The van der Waals surface area contributed by atoms with Crippen LogP contribution < -0.4 is 5.73 Å². The van der Waals surface area contributed by atoms with Gasteiger partial charge in [0.25, 0.3) is 0 Å². The molecular weight excluding hydrogens is 229 g/mol. The van der Waals surface area contributed by atoms with E-state index < -0.39 is 12.1 Å². The first-order valence-electron chi connectivity index (χ1n) is 6.41. The molecule has 0 heterocycles. The molecule has 102 valence electrons. The number of halogens is 3. The van der Waals surface area contributed by atoms with Gasteiger partial charge in [-0.15, -0.1) is 0 Å². The molecule has 1 rings (SSSR count). The van der Waals surface area contributed by atoms with Gasteiger partial charge in [0.15, 0.2) is 0 Å². The summed E-state index contributed by atoms with van der Waals surface area (Å²) in [7, 11) is 0. The second-order valence-corrected chi connectivity index (χ2v) is 4.92. The van der Waals surface area contributed by atoms with Crippen LogP contribution in [0.1, 0.15) is 39.5 Å². The highest BCUT2D eigenvalue weighted by Gasteiger charge is 2.46. The van der Waals surface area contributed by atoms with Gasteiger partial charge in [0, 0.05) is 12.1 Å². The maximum atomic E-state index is 12.6. The summed E-state index contributed by atoms with van der Waals surface area (Å²) in [6, 6.07) is 0. The van der Waals surface area contributed by atoms with Gasteiger partial charge in [0.05, 0.1) is 5.92 Å². The minimum atomic E-state index is -4.04. The van der Waals surface area contributed by atoms with Gasteiger partial charge < -0.3 is 5.73 Å². The van der Waals surface area contributed by atoms with Crippen molar-refractivity contribution in [1.82, 2.24) is 4.90 Å². The number of nitrogens with zero attached hydrogens (tertiary/aromatic N) is 1. The summed E-state index contributed by atoms with van der Waals surface area (Å²) < 4.78 is 37.9. The minimum absolute atomic E-state index is 0.203. The fraction of sp³-hybridized carbons (Fsp3) is 1.00. The summed E-state index contributed by atoms with van der Waals surface area (Å²) >= 11 is 0. The van der Waals surface area contributed by atoms with E-state index in [1.165, 1.54) is 0 Å². The third kappa shape index (κ3) is 3.13. The Balaban J connectivity index is 2.69. The Morgan fingerprint density at radius 3 is 1.94 bits per heavy atom. The zero-order valence-electron chi connectivity index (χ0n) is 10.7. The van der Waals surface area contributed by atoms with Gasteiger partial charge in [-0.25, -0.2) is 0 Å². The van der Waals surface area contributed by atoms with Crippen LogP contribution >= 0.6 is 0 Å². The first-order valence-corrected chi connectivity index (χ1v) is 6.41. The fourth-order valence-electron chi connectivity index (χ4n) is 3.03. The number of rotatable bonds is 4. The van der Waals surface area contributed by atoms with Gasteiger partial charge in [-0.1, -0.05) is 13.8 Å². The Morgan fingerprint density at radius 1 is 1.18 bits per heavy atom. The van der Waals surface area contributed by atoms with Gasteiger partial charge in [0.1, 0.15) is 0 Å². The number of nitrogens with two attached hydrogens (primary N) is 1. The van der Waals surface area contributed by atoms with E-state index in [9.17, 15) is 13.2 Å². The van der Waals surface area contributed by atoms with Gasteiger partial charge >= 0.3 is 6.18 Å². The molecule has 0 bridgehead atoms. The van der Waals surface area contributed by atoms with Gasteiger partial charge in [0.2, 0.25) is 0 Å². The molecule has 0 saturated heterocycles. The Kier molecular flexibility index (Phi) is 4.84. The second-order valence-electron chi connectivity index (χ2n) is 4.92. The molecule has 0 aromatic rings. The van der Waals surface area contributed by atoms with Crippen molar-refractivity contribution in [3.05, 3.63) is 0 Å². The molecule has 0 aromatic heterocycles. The Morgan fingerprint density at radius 2 is 1.65 bits per heavy atom. The maximum absolute atomic E-state index is 12.6. The van der Waals surface area contributed by atoms with Gasteiger partial charge in [-0.3, -0.25) is 4.90 Å². The summed E-state index contributed by atoms with van der Waals surface area (Å²) in [6.45, 7) is 6.24. The van der Waals surface area contributed by atoms with Crippen molar-refractivity contribution in [2.45, 2.75) is 51.2 Å². The molecular formula is C12H23F3N2. The van der Waals surface area contributed by atoms with Crippen LogP contribution in [0.2, 0.25) is 0 Å². The standard InChI is InChI=1S/C12H23F3N2/c1-3-17(4-2)11(9-16)7-5-10(6-8-11)12(13,14)15/h10H,3-9,16H2,1-2H3. The average Bonchev–Trinajstić information content (AvgIpc) is 2.30. The Labute approximate surface area is 101 Å². The highest BCUT2D eigenvalue weighted by molar-refractivity contribution is 4.96. The van der Waals surface area contributed by atoms with Crippen LogP contribution in [0.5, 0.6) is 0 Å². The number of hydrogen-bond donors (Lipinski definition) is 1. The summed E-state index contributed by atoms with van der Waals surface area (Å²) in [4.78, 5) is 2.22. The Bertz CT molecular complexity index is 228. The van der Waals surface area contributed by atoms with Crippen LogP contribution in [0.4, 0.5) is 13.2 Å². The van der Waals surface area contributed by atoms with Crippen LogP contribution in [0.25, 0.3) is 0 Å². The van der Waals surface area contributed by atoms with Crippen molar-refractivity contribution in [3.63, 3.8) is 0 Å². The van der Waals surface area contributed by atoms with Gasteiger partial charge in [-0.05, 0) is 38.8 Å². The van der Waals surface area contributed by atoms with E-state index in [-0.39, 0.29) is 18.4 Å². The van der Waals surface area contributed by atoms with E-state index in [0.29, 0.717) is 19.4 Å². The molecule has 2 N–H and O–H groups in total. The lowest BCUT2D eigenvalue weighted by Crippen LogP contribution is -2.56.